The lowest BCUT2D eigenvalue weighted by atomic mass is 10.0. The van der Waals surface area contributed by atoms with E-state index in [0.717, 1.165) is 0 Å². The van der Waals surface area contributed by atoms with E-state index in [9.17, 15) is 9.59 Å². The lowest BCUT2D eigenvalue weighted by Gasteiger charge is -2.15. The number of carbonyl (C=O) groups is 1. The molecule has 6 heteroatoms. The minimum atomic E-state index is -0.708. The van der Waals surface area contributed by atoms with Crippen LogP contribution in [0.25, 0.3) is 11.0 Å². The highest BCUT2D eigenvalue weighted by atomic mass is 16.5. The smallest absolute Gasteiger partial charge is 0.347 e. The fourth-order valence-electron chi connectivity index (χ4n) is 2.65. The molecule has 2 aromatic carbocycles. The minimum Gasteiger partial charge on any atom is -0.493 e. The summed E-state index contributed by atoms with van der Waals surface area (Å²) in [6, 6.07) is 11.6. The molecule has 0 aliphatic rings. The van der Waals surface area contributed by atoms with Crippen LogP contribution in [0.1, 0.15) is 15.9 Å². The molecule has 0 bridgehead atoms. The highest BCUT2D eigenvalue weighted by molar-refractivity contribution is 6.12. The minimum absolute atomic E-state index is 0.0794. The van der Waals surface area contributed by atoms with E-state index in [-0.39, 0.29) is 22.6 Å². The van der Waals surface area contributed by atoms with E-state index >= 15 is 0 Å². The first-order valence-corrected chi connectivity index (χ1v) is 7.47. The third-order valence-electron chi connectivity index (χ3n) is 3.83. The number of fused-ring (bicyclic) bond motifs is 1. The monoisotopic (exact) mass is 340 g/mol. The first-order valence-electron chi connectivity index (χ1n) is 7.47. The average molecular weight is 340 g/mol. The van der Waals surface area contributed by atoms with Crippen LogP contribution in [-0.4, -0.2) is 27.1 Å². The van der Waals surface area contributed by atoms with Gasteiger partial charge in [-0.25, -0.2) is 4.79 Å². The van der Waals surface area contributed by atoms with Crippen LogP contribution < -0.4 is 19.8 Å². The second-order valence-corrected chi connectivity index (χ2v) is 5.20. The molecule has 6 nitrogen and oxygen atoms in total. The Morgan fingerprint density at radius 1 is 0.880 bits per heavy atom. The topological polar surface area (TPSA) is 75.0 Å². The van der Waals surface area contributed by atoms with Gasteiger partial charge in [0.2, 0.25) is 11.5 Å². The predicted molar refractivity (Wildman–Crippen MR) is 92.0 cm³/mol. The van der Waals surface area contributed by atoms with Gasteiger partial charge in [-0.1, -0.05) is 18.2 Å². The van der Waals surface area contributed by atoms with Crippen molar-refractivity contribution in [3.05, 3.63) is 64.0 Å². The van der Waals surface area contributed by atoms with Crippen molar-refractivity contribution in [2.45, 2.75) is 0 Å². The summed E-state index contributed by atoms with van der Waals surface area (Å²) in [7, 11) is 4.34. The summed E-state index contributed by atoms with van der Waals surface area (Å²) >= 11 is 0. The maximum absolute atomic E-state index is 12.9. The molecule has 0 atom stereocenters. The van der Waals surface area contributed by atoms with Crippen molar-refractivity contribution >= 4 is 16.8 Å². The van der Waals surface area contributed by atoms with Gasteiger partial charge >= 0.3 is 5.63 Å². The molecule has 0 aliphatic heterocycles. The molecule has 128 valence electrons. The van der Waals surface area contributed by atoms with Crippen molar-refractivity contribution in [2.24, 2.45) is 0 Å². The molecule has 0 radical (unpaired) electrons. The summed E-state index contributed by atoms with van der Waals surface area (Å²) in [6.45, 7) is 0. The fraction of sp³-hybridized carbons (Fsp3) is 0.158. The van der Waals surface area contributed by atoms with Crippen LogP contribution in [0.3, 0.4) is 0 Å². The Labute approximate surface area is 143 Å². The molecule has 0 saturated heterocycles. The summed E-state index contributed by atoms with van der Waals surface area (Å²) in [5, 5.41) is 0.657. The third kappa shape index (κ3) is 2.82. The Kier molecular flexibility index (Phi) is 4.43. The molecular formula is C19H16O6. The third-order valence-corrected chi connectivity index (χ3v) is 3.83. The molecule has 0 spiro atoms. The zero-order valence-electron chi connectivity index (χ0n) is 14.0. The van der Waals surface area contributed by atoms with Crippen molar-refractivity contribution < 1.29 is 23.4 Å². The Morgan fingerprint density at radius 3 is 2.28 bits per heavy atom. The molecule has 3 rings (SSSR count). The van der Waals surface area contributed by atoms with E-state index in [1.54, 1.807) is 30.3 Å². The number of benzene rings is 2. The van der Waals surface area contributed by atoms with Crippen molar-refractivity contribution in [1.29, 1.82) is 0 Å². The molecule has 0 saturated carbocycles. The molecule has 0 fully saturated rings. The zero-order chi connectivity index (χ0) is 18.0. The second kappa shape index (κ2) is 6.68. The number of para-hydroxylation sites is 1. The molecular weight excluding hydrogens is 324 g/mol. The summed E-state index contributed by atoms with van der Waals surface area (Å²) < 4.78 is 21.0. The van der Waals surface area contributed by atoms with Crippen LogP contribution in [0.4, 0.5) is 0 Å². The quantitative estimate of drug-likeness (QED) is 0.525. The lowest BCUT2D eigenvalue weighted by Crippen LogP contribution is -2.16. The van der Waals surface area contributed by atoms with Gasteiger partial charge in [0, 0.05) is 5.39 Å². The standard InChI is InChI=1S/C19H16O6/c1-22-15-9-8-12(17(23-2)18(15)24-3)16(20)13-10-11-6-4-5-7-14(11)25-19(13)21/h4-10H,1-3H3. The van der Waals surface area contributed by atoms with Crippen molar-refractivity contribution in [3.8, 4) is 17.2 Å². The first kappa shape index (κ1) is 16.6. The molecule has 0 amide bonds. The van der Waals surface area contributed by atoms with E-state index in [1.165, 1.54) is 33.5 Å². The number of hydrogen-bond acceptors (Lipinski definition) is 6. The molecule has 1 heterocycles. The predicted octanol–water partition coefficient (Wildman–Crippen LogP) is 3.05. The maximum Gasteiger partial charge on any atom is 0.347 e. The molecule has 3 aromatic rings. The van der Waals surface area contributed by atoms with E-state index in [2.05, 4.69) is 0 Å². The van der Waals surface area contributed by atoms with Gasteiger partial charge in [-0.2, -0.15) is 0 Å². The van der Waals surface area contributed by atoms with Crippen LogP contribution in [-0.2, 0) is 0 Å². The normalized spacial score (nSPS) is 10.5. The number of hydrogen-bond donors (Lipinski definition) is 0. The molecule has 0 N–H and O–H groups in total. The van der Waals surface area contributed by atoms with Gasteiger partial charge in [-0.15, -0.1) is 0 Å². The largest absolute Gasteiger partial charge is 0.493 e. The van der Waals surface area contributed by atoms with Crippen molar-refractivity contribution in [3.63, 3.8) is 0 Å². The summed E-state index contributed by atoms with van der Waals surface area (Å²) in [5.74, 6) is 0.374. The second-order valence-electron chi connectivity index (χ2n) is 5.20. The van der Waals surface area contributed by atoms with Gasteiger partial charge in [0.1, 0.15) is 11.1 Å². The van der Waals surface area contributed by atoms with Gasteiger partial charge in [-0.3, -0.25) is 4.79 Å². The van der Waals surface area contributed by atoms with Gasteiger partial charge in [-0.05, 0) is 24.3 Å². The summed E-state index contributed by atoms with van der Waals surface area (Å²) in [5.41, 5.74) is -0.184. The van der Waals surface area contributed by atoms with Crippen molar-refractivity contribution in [1.82, 2.24) is 0 Å². The van der Waals surface area contributed by atoms with Gasteiger partial charge in [0.05, 0.1) is 26.9 Å². The number of ketones is 1. The fourth-order valence-corrected chi connectivity index (χ4v) is 2.65. The zero-order valence-corrected chi connectivity index (χ0v) is 14.0. The molecule has 25 heavy (non-hydrogen) atoms. The Hall–Kier alpha value is -3.28. The molecule has 0 unspecified atom stereocenters. The van der Waals surface area contributed by atoms with Gasteiger partial charge in [0.15, 0.2) is 11.5 Å². The molecule has 1 aromatic heterocycles. The molecule has 0 aliphatic carbocycles. The Bertz CT molecular complexity index is 1000. The first-order chi connectivity index (χ1) is 12.1. The van der Waals surface area contributed by atoms with Gasteiger partial charge < -0.3 is 18.6 Å². The number of ether oxygens (including phenoxy) is 3. The average Bonchev–Trinajstić information content (AvgIpc) is 2.65. The van der Waals surface area contributed by atoms with Crippen LogP contribution in [0, 0.1) is 0 Å². The number of carbonyl (C=O) groups excluding carboxylic acids is 1. The highest BCUT2D eigenvalue weighted by Crippen LogP contribution is 2.40. The van der Waals surface area contributed by atoms with E-state index in [1.807, 2.05) is 0 Å². The SMILES string of the molecule is COc1ccc(C(=O)c2cc3ccccc3oc2=O)c(OC)c1OC. The number of methoxy groups -OCH3 is 3. The van der Waals surface area contributed by atoms with Crippen LogP contribution >= 0.6 is 0 Å². The maximum atomic E-state index is 12.9. The highest BCUT2D eigenvalue weighted by Gasteiger charge is 2.24. The Balaban J connectivity index is 2.19. The van der Waals surface area contributed by atoms with Crippen LogP contribution in [0.5, 0.6) is 17.2 Å². The Morgan fingerprint density at radius 2 is 1.60 bits per heavy atom. The van der Waals surface area contributed by atoms with E-state index < -0.39 is 11.4 Å². The lowest BCUT2D eigenvalue weighted by molar-refractivity contribution is 0.103. The van der Waals surface area contributed by atoms with E-state index in [4.69, 9.17) is 18.6 Å². The van der Waals surface area contributed by atoms with E-state index in [0.29, 0.717) is 16.7 Å². The summed E-state index contributed by atoms with van der Waals surface area (Å²) in [4.78, 5) is 25.2. The number of rotatable bonds is 5. The van der Waals surface area contributed by atoms with Gasteiger partial charge in [0.25, 0.3) is 0 Å². The summed E-state index contributed by atoms with van der Waals surface area (Å²) in [6.07, 6.45) is 0. The van der Waals surface area contributed by atoms with Crippen molar-refractivity contribution in [2.75, 3.05) is 21.3 Å². The van der Waals surface area contributed by atoms with Crippen LogP contribution in [0.2, 0.25) is 0 Å². The van der Waals surface area contributed by atoms with Crippen LogP contribution in [0.15, 0.2) is 51.7 Å².